The molecule has 0 bridgehead atoms. The minimum atomic E-state index is -0.249. The first kappa shape index (κ1) is 14.9. The molecule has 0 aromatic carbocycles. The van der Waals surface area contributed by atoms with Crippen molar-refractivity contribution in [1.29, 1.82) is 0 Å². The second-order valence-electron chi connectivity index (χ2n) is 3.81. The van der Waals surface area contributed by atoms with E-state index in [4.69, 9.17) is 4.74 Å². The lowest BCUT2D eigenvalue weighted by molar-refractivity contribution is -0.136. The number of nitrogens with zero attached hydrogens (tertiary/aromatic N) is 1. The summed E-state index contributed by atoms with van der Waals surface area (Å²) >= 11 is 1.65. The minimum Gasteiger partial charge on any atom is -0.466 e. The Morgan fingerprint density at radius 1 is 1.61 bits per heavy atom. The molecule has 1 aromatic heterocycles. The van der Waals surface area contributed by atoms with Gasteiger partial charge in [0.25, 0.3) is 0 Å². The molecule has 0 spiro atoms. The van der Waals surface area contributed by atoms with Crippen LogP contribution >= 0.6 is 11.3 Å². The highest BCUT2D eigenvalue weighted by atomic mass is 32.1. The van der Waals surface area contributed by atoms with Gasteiger partial charge in [0, 0.05) is 23.7 Å². The Labute approximate surface area is 112 Å². The largest absolute Gasteiger partial charge is 0.466 e. The summed E-state index contributed by atoms with van der Waals surface area (Å²) < 4.78 is 4.71. The number of rotatable bonds is 7. The lowest BCUT2D eigenvalue weighted by Gasteiger charge is -2.13. The third kappa shape index (κ3) is 4.23. The monoisotopic (exact) mass is 268 g/mol. The van der Waals surface area contributed by atoms with Gasteiger partial charge in [0.1, 0.15) is 5.01 Å². The molecule has 1 unspecified atom stereocenters. The molecule has 1 N–H and O–H groups in total. The number of aromatic nitrogens is 1. The first-order valence-corrected chi connectivity index (χ1v) is 7.00. The van der Waals surface area contributed by atoms with Gasteiger partial charge in [0.2, 0.25) is 0 Å². The van der Waals surface area contributed by atoms with E-state index in [1.54, 1.807) is 11.3 Å². The average Bonchev–Trinajstić information content (AvgIpc) is 2.92. The molecule has 1 rings (SSSR count). The number of esters is 1. The van der Waals surface area contributed by atoms with Gasteiger partial charge < -0.3 is 10.1 Å². The molecule has 18 heavy (non-hydrogen) atoms. The van der Waals surface area contributed by atoms with Crippen molar-refractivity contribution < 1.29 is 9.53 Å². The normalized spacial score (nSPS) is 13.4. The van der Waals surface area contributed by atoms with Gasteiger partial charge in [0.15, 0.2) is 0 Å². The summed E-state index contributed by atoms with van der Waals surface area (Å²) in [5.74, 6) is -0.249. The number of methoxy groups -OCH3 is 1. The van der Waals surface area contributed by atoms with Crippen molar-refractivity contribution in [3.63, 3.8) is 0 Å². The van der Waals surface area contributed by atoms with E-state index in [0.29, 0.717) is 18.5 Å². The zero-order valence-corrected chi connectivity index (χ0v) is 11.9. The van der Waals surface area contributed by atoms with Crippen LogP contribution in [0.3, 0.4) is 0 Å². The molecule has 0 amide bonds. The summed E-state index contributed by atoms with van der Waals surface area (Å²) in [5.41, 5.74) is 0.707. The van der Waals surface area contributed by atoms with E-state index >= 15 is 0 Å². The first-order valence-electron chi connectivity index (χ1n) is 6.13. The third-order valence-electron chi connectivity index (χ3n) is 2.70. The highest BCUT2D eigenvalue weighted by molar-refractivity contribution is 7.09. The minimum absolute atomic E-state index is 0.247. The van der Waals surface area contributed by atoms with Crippen LogP contribution in [0.15, 0.2) is 23.2 Å². The molecule has 0 saturated heterocycles. The van der Waals surface area contributed by atoms with Crippen LogP contribution in [0.4, 0.5) is 0 Å². The lowest BCUT2D eigenvalue weighted by atomic mass is 10.2. The van der Waals surface area contributed by atoms with Crippen molar-refractivity contribution in [2.75, 3.05) is 13.7 Å². The van der Waals surface area contributed by atoms with Gasteiger partial charge in [-0.05, 0) is 12.8 Å². The van der Waals surface area contributed by atoms with Gasteiger partial charge in [-0.25, -0.2) is 9.78 Å². The Morgan fingerprint density at radius 2 is 2.39 bits per heavy atom. The van der Waals surface area contributed by atoms with Crippen molar-refractivity contribution in [2.24, 2.45) is 0 Å². The molecule has 0 aliphatic carbocycles. The van der Waals surface area contributed by atoms with Crippen LogP contribution in [0.2, 0.25) is 0 Å². The van der Waals surface area contributed by atoms with Crippen LogP contribution in [-0.4, -0.2) is 24.6 Å². The van der Waals surface area contributed by atoms with E-state index < -0.39 is 0 Å². The van der Waals surface area contributed by atoms with E-state index in [1.807, 2.05) is 24.6 Å². The maximum Gasteiger partial charge on any atom is 0.333 e. The van der Waals surface area contributed by atoms with E-state index in [9.17, 15) is 4.79 Å². The van der Waals surface area contributed by atoms with Crippen molar-refractivity contribution in [3.8, 4) is 0 Å². The Morgan fingerprint density at radius 3 is 2.89 bits per heavy atom. The van der Waals surface area contributed by atoms with E-state index in [0.717, 1.165) is 11.4 Å². The van der Waals surface area contributed by atoms with E-state index in [1.165, 1.54) is 7.11 Å². The van der Waals surface area contributed by atoms with Crippen LogP contribution < -0.4 is 5.32 Å². The standard InChI is InChI=1S/C13H20N2O2S/c1-4-10(13(16)17-3)6-7-14-11(5-2)12-15-8-9-18-12/h6,8-9,11,14H,4-5,7H2,1-3H3/b10-6-. The maximum absolute atomic E-state index is 11.4. The quantitative estimate of drug-likeness (QED) is 0.610. The van der Waals surface area contributed by atoms with Crippen molar-refractivity contribution in [1.82, 2.24) is 10.3 Å². The van der Waals surface area contributed by atoms with Crippen LogP contribution in [0, 0.1) is 0 Å². The fourth-order valence-electron chi connectivity index (χ4n) is 1.64. The van der Waals surface area contributed by atoms with Crippen molar-refractivity contribution in [2.45, 2.75) is 32.7 Å². The molecule has 0 radical (unpaired) electrons. The summed E-state index contributed by atoms with van der Waals surface area (Å²) in [6, 6.07) is 0.247. The number of nitrogens with one attached hydrogen (secondary N) is 1. The second-order valence-corrected chi connectivity index (χ2v) is 4.74. The second kappa shape index (κ2) is 8.00. The molecule has 0 aliphatic heterocycles. The predicted octanol–water partition coefficient (Wildman–Crippen LogP) is 2.69. The lowest BCUT2D eigenvalue weighted by Crippen LogP contribution is -2.21. The summed E-state index contributed by atoms with van der Waals surface area (Å²) in [5, 5.41) is 6.44. The third-order valence-corrected chi connectivity index (χ3v) is 3.59. The van der Waals surface area contributed by atoms with Crippen LogP contribution in [0.25, 0.3) is 0 Å². The Kier molecular flexibility index (Phi) is 6.60. The van der Waals surface area contributed by atoms with Crippen LogP contribution in [0.1, 0.15) is 37.7 Å². The zero-order chi connectivity index (χ0) is 13.4. The van der Waals surface area contributed by atoms with Crippen LogP contribution in [-0.2, 0) is 9.53 Å². The summed E-state index contributed by atoms with van der Waals surface area (Å²) in [7, 11) is 1.41. The average molecular weight is 268 g/mol. The van der Waals surface area contributed by atoms with Gasteiger partial charge in [-0.3, -0.25) is 0 Å². The number of hydrogen-bond donors (Lipinski definition) is 1. The maximum atomic E-state index is 11.4. The molecule has 0 fully saturated rings. The molecule has 1 heterocycles. The zero-order valence-electron chi connectivity index (χ0n) is 11.1. The highest BCUT2D eigenvalue weighted by Gasteiger charge is 2.11. The number of thiazole rings is 1. The van der Waals surface area contributed by atoms with Crippen molar-refractivity contribution in [3.05, 3.63) is 28.2 Å². The summed E-state index contributed by atoms with van der Waals surface area (Å²) in [6.45, 7) is 4.71. The molecule has 100 valence electrons. The van der Waals surface area contributed by atoms with Gasteiger partial charge in [-0.1, -0.05) is 19.9 Å². The van der Waals surface area contributed by atoms with Crippen LogP contribution in [0.5, 0.6) is 0 Å². The SMILES string of the molecule is CC/C(=C/CNC(CC)c1nccs1)C(=O)OC. The highest BCUT2D eigenvalue weighted by Crippen LogP contribution is 2.18. The molecule has 5 heteroatoms. The molecule has 1 atom stereocenters. The summed E-state index contributed by atoms with van der Waals surface area (Å²) in [4.78, 5) is 15.7. The molecule has 0 aliphatic rings. The number of ether oxygens (including phenoxy) is 1. The molecular formula is C13H20N2O2S. The van der Waals surface area contributed by atoms with Gasteiger partial charge >= 0.3 is 5.97 Å². The topological polar surface area (TPSA) is 51.2 Å². The first-order chi connectivity index (χ1) is 8.72. The number of hydrogen-bond acceptors (Lipinski definition) is 5. The summed E-state index contributed by atoms with van der Waals surface area (Å²) in [6.07, 6.45) is 5.36. The fourth-order valence-corrected chi connectivity index (χ4v) is 2.44. The van der Waals surface area contributed by atoms with E-state index in [-0.39, 0.29) is 12.0 Å². The molecule has 1 aromatic rings. The predicted molar refractivity (Wildman–Crippen MR) is 73.5 cm³/mol. The smallest absolute Gasteiger partial charge is 0.333 e. The van der Waals surface area contributed by atoms with Gasteiger partial charge in [0.05, 0.1) is 13.2 Å². The molecule has 0 saturated carbocycles. The van der Waals surface area contributed by atoms with Crippen molar-refractivity contribution >= 4 is 17.3 Å². The number of carbonyl (C=O) groups is 1. The Balaban J connectivity index is 2.53. The Hall–Kier alpha value is -1.20. The number of carbonyl (C=O) groups excluding carboxylic acids is 1. The van der Waals surface area contributed by atoms with E-state index in [2.05, 4.69) is 17.2 Å². The Bertz CT molecular complexity index is 388. The molecule has 4 nitrogen and oxygen atoms in total. The molecular weight excluding hydrogens is 248 g/mol. The van der Waals surface area contributed by atoms with Gasteiger partial charge in [-0.2, -0.15) is 0 Å². The fraction of sp³-hybridized carbons (Fsp3) is 0.538. The van der Waals surface area contributed by atoms with Gasteiger partial charge in [-0.15, -0.1) is 11.3 Å².